The van der Waals surface area contributed by atoms with Crippen molar-refractivity contribution in [1.82, 2.24) is 15.2 Å². The Morgan fingerprint density at radius 3 is 2.48 bits per heavy atom. The fourth-order valence-electron chi connectivity index (χ4n) is 3.32. The lowest BCUT2D eigenvalue weighted by Gasteiger charge is -2.50. The summed E-state index contributed by atoms with van der Waals surface area (Å²) >= 11 is 1.87. The summed E-state index contributed by atoms with van der Waals surface area (Å²) in [5.41, 5.74) is 1.49. The van der Waals surface area contributed by atoms with E-state index in [0.29, 0.717) is 17.5 Å². The van der Waals surface area contributed by atoms with Gasteiger partial charge in [0.25, 0.3) is 0 Å². The first kappa shape index (κ1) is 16.9. The van der Waals surface area contributed by atoms with Gasteiger partial charge in [-0.05, 0) is 32.6 Å². The first-order chi connectivity index (χ1) is 9.91. The van der Waals surface area contributed by atoms with E-state index in [4.69, 9.17) is 4.98 Å². The Hall–Kier alpha value is -0.450. The fourth-order valence-corrected chi connectivity index (χ4v) is 4.27. The largest absolute Gasteiger partial charge is 0.311 e. The molecule has 0 radical (unpaired) electrons. The van der Waals surface area contributed by atoms with E-state index >= 15 is 0 Å². The van der Waals surface area contributed by atoms with Crippen LogP contribution in [0, 0.1) is 19.8 Å². The van der Waals surface area contributed by atoms with Crippen LogP contribution in [0.25, 0.3) is 0 Å². The van der Waals surface area contributed by atoms with Crippen molar-refractivity contribution in [2.24, 2.45) is 5.92 Å². The Morgan fingerprint density at radius 2 is 2.00 bits per heavy atom. The molecule has 1 aliphatic rings. The smallest absolute Gasteiger partial charge is 0.107 e. The molecule has 2 rings (SSSR count). The summed E-state index contributed by atoms with van der Waals surface area (Å²) in [6, 6.07) is 0.596. The molecule has 1 aromatic heterocycles. The predicted octanol–water partition coefficient (Wildman–Crippen LogP) is 3.75. The van der Waals surface area contributed by atoms with E-state index in [1.165, 1.54) is 28.4 Å². The van der Waals surface area contributed by atoms with E-state index in [0.717, 1.165) is 19.6 Å². The molecule has 1 aromatic rings. The molecule has 1 unspecified atom stereocenters. The lowest BCUT2D eigenvalue weighted by molar-refractivity contribution is 0.0155. The van der Waals surface area contributed by atoms with Crippen LogP contribution in [0.5, 0.6) is 0 Å². The highest BCUT2D eigenvalue weighted by molar-refractivity contribution is 7.11. The van der Waals surface area contributed by atoms with E-state index in [1.54, 1.807) is 0 Å². The van der Waals surface area contributed by atoms with Crippen molar-refractivity contribution in [1.29, 1.82) is 0 Å². The molecular formula is C17H31N3S. The maximum Gasteiger partial charge on any atom is 0.107 e. The highest BCUT2D eigenvalue weighted by Crippen LogP contribution is 2.31. The number of aryl methyl sites for hydroxylation is 2. The highest BCUT2D eigenvalue weighted by atomic mass is 32.1. The van der Waals surface area contributed by atoms with Gasteiger partial charge in [-0.25, -0.2) is 4.98 Å². The summed E-state index contributed by atoms with van der Waals surface area (Å²) in [7, 11) is 0. The summed E-state index contributed by atoms with van der Waals surface area (Å²) in [5.74, 6) is 0.680. The Morgan fingerprint density at radius 1 is 1.33 bits per heavy atom. The van der Waals surface area contributed by atoms with Gasteiger partial charge in [0.1, 0.15) is 5.01 Å². The second kappa shape index (κ2) is 6.76. The summed E-state index contributed by atoms with van der Waals surface area (Å²) in [4.78, 5) is 8.83. The van der Waals surface area contributed by atoms with Crippen molar-refractivity contribution >= 4 is 11.3 Å². The Balaban J connectivity index is 2.20. The van der Waals surface area contributed by atoms with Crippen molar-refractivity contribution in [3.63, 3.8) is 0 Å². The number of nitrogens with one attached hydrogen (secondary N) is 1. The van der Waals surface area contributed by atoms with Crippen LogP contribution in [0.1, 0.15) is 56.1 Å². The van der Waals surface area contributed by atoms with Crippen molar-refractivity contribution in [2.75, 3.05) is 13.1 Å². The van der Waals surface area contributed by atoms with E-state index in [9.17, 15) is 0 Å². The zero-order chi connectivity index (χ0) is 15.6. The number of thiazole rings is 1. The molecule has 2 heterocycles. The minimum atomic E-state index is 0.291. The van der Waals surface area contributed by atoms with Gasteiger partial charge < -0.3 is 5.32 Å². The van der Waals surface area contributed by atoms with Gasteiger partial charge in [0.05, 0.1) is 12.2 Å². The monoisotopic (exact) mass is 309 g/mol. The molecule has 4 heteroatoms. The van der Waals surface area contributed by atoms with Gasteiger partial charge in [-0.1, -0.05) is 27.7 Å². The summed E-state index contributed by atoms with van der Waals surface area (Å²) in [5, 5.41) is 5.06. The molecule has 3 nitrogen and oxygen atoms in total. The third kappa shape index (κ3) is 3.49. The molecule has 1 atom stereocenters. The highest BCUT2D eigenvalue weighted by Gasteiger charge is 2.39. The first-order valence-corrected chi connectivity index (χ1v) is 9.14. The molecule has 0 spiro atoms. The topological polar surface area (TPSA) is 28.2 Å². The normalized spacial score (nSPS) is 22.9. The van der Waals surface area contributed by atoms with Crippen molar-refractivity contribution in [3.05, 3.63) is 15.6 Å². The number of aromatic nitrogens is 1. The predicted molar refractivity (Wildman–Crippen MR) is 91.9 cm³/mol. The first-order valence-electron chi connectivity index (χ1n) is 8.33. The molecule has 0 aromatic carbocycles. The summed E-state index contributed by atoms with van der Waals surface area (Å²) in [6.07, 6.45) is 2.40. The zero-order valence-electron chi connectivity index (χ0n) is 14.5. The van der Waals surface area contributed by atoms with Crippen LogP contribution in [0.4, 0.5) is 0 Å². The lowest BCUT2D eigenvalue weighted by Crippen LogP contribution is -2.64. The van der Waals surface area contributed by atoms with Gasteiger partial charge in [0.15, 0.2) is 0 Å². The van der Waals surface area contributed by atoms with Crippen LogP contribution >= 0.6 is 11.3 Å². The molecule has 1 fully saturated rings. The third-order valence-electron chi connectivity index (χ3n) is 5.30. The molecule has 1 saturated heterocycles. The second-order valence-electron chi connectivity index (χ2n) is 6.79. The van der Waals surface area contributed by atoms with Gasteiger partial charge in [-0.2, -0.15) is 0 Å². The molecule has 1 aliphatic heterocycles. The number of hydrogen-bond acceptors (Lipinski definition) is 4. The quantitative estimate of drug-likeness (QED) is 0.898. The van der Waals surface area contributed by atoms with Crippen LogP contribution in [-0.2, 0) is 6.54 Å². The van der Waals surface area contributed by atoms with E-state index < -0.39 is 0 Å². The van der Waals surface area contributed by atoms with Gasteiger partial charge in [-0.3, -0.25) is 4.90 Å². The summed E-state index contributed by atoms with van der Waals surface area (Å²) < 4.78 is 0. The maximum atomic E-state index is 4.76. The number of rotatable bonds is 5. The summed E-state index contributed by atoms with van der Waals surface area (Å²) in [6.45, 7) is 16.8. The minimum Gasteiger partial charge on any atom is -0.311 e. The lowest BCUT2D eigenvalue weighted by atomic mass is 9.85. The number of nitrogens with zero attached hydrogens (tertiary/aromatic N) is 2. The minimum absolute atomic E-state index is 0.291. The van der Waals surface area contributed by atoms with Crippen LogP contribution in [-0.4, -0.2) is 34.6 Å². The average molecular weight is 310 g/mol. The second-order valence-corrected chi connectivity index (χ2v) is 8.08. The van der Waals surface area contributed by atoms with Crippen molar-refractivity contribution < 1.29 is 0 Å². The van der Waals surface area contributed by atoms with Gasteiger partial charge >= 0.3 is 0 Å². The average Bonchev–Trinajstić information content (AvgIpc) is 2.77. The molecular weight excluding hydrogens is 278 g/mol. The molecule has 1 N–H and O–H groups in total. The third-order valence-corrected chi connectivity index (χ3v) is 6.36. The van der Waals surface area contributed by atoms with Crippen molar-refractivity contribution in [2.45, 2.75) is 72.5 Å². The molecule has 120 valence electrons. The Labute approximate surface area is 134 Å². The van der Waals surface area contributed by atoms with E-state index in [-0.39, 0.29) is 0 Å². The van der Waals surface area contributed by atoms with E-state index in [1.807, 2.05) is 11.3 Å². The Bertz CT molecular complexity index is 443. The van der Waals surface area contributed by atoms with Crippen LogP contribution in [0.2, 0.25) is 0 Å². The SMILES string of the molecule is CCC1(CC)CNC(C(C)C)CN1Cc1nc(C)c(C)s1. The molecule has 21 heavy (non-hydrogen) atoms. The molecule has 0 aliphatic carbocycles. The van der Waals surface area contributed by atoms with Gasteiger partial charge in [0.2, 0.25) is 0 Å². The Kier molecular flexibility index (Phi) is 5.44. The number of piperazine rings is 1. The zero-order valence-corrected chi connectivity index (χ0v) is 15.3. The van der Waals surface area contributed by atoms with Crippen LogP contribution < -0.4 is 5.32 Å². The van der Waals surface area contributed by atoms with Gasteiger partial charge in [0, 0.05) is 29.5 Å². The number of hydrogen-bond donors (Lipinski definition) is 1. The van der Waals surface area contributed by atoms with Crippen molar-refractivity contribution in [3.8, 4) is 0 Å². The maximum absolute atomic E-state index is 4.76. The molecule has 0 saturated carbocycles. The van der Waals surface area contributed by atoms with Crippen LogP contribution in [0.15, 0.2) is 0 Å². The standard InChI is InChI=1S/C17H31N3S/c1-7-17(8-2)11-18-15(12(3)4)9-20(17)10-16-19-13(5)14(6)21-16/h12,15,18H,7-11H2,1-6H3. The molecule has 0 bridgehead atoms. The fraction of sp³-hybridized carbons (Fsp3) is 0.824. The van der Waals surface area contributed by atoms with Gasteiger partial charge in [-0.15, -0.1) is 11.3 Å². The molecule has 0 amide bonds. The van der Waals surface area contributed by atoms with Crippen LogP contribution in [0.3, 0.4) is 0 Å². The van der Waals surface area contributed by atoms with E-state index in [2.05, 4.69) is 51.8 Å².